The third-order valence-corrected chi connectivity index (χ3v) is 4.06. The van der Waals surface area contributed by atoms with Gasteiger partial charge in [0.1, 0.15) is 5.69 Å². The van der Waals surface area contributed by atoms with Gasteiger partial charge < -0.3 is 0 Å². The highest BCUT2D eigenvalue weighted by Gasteiger charge is 2.18. The van der Waals surface area contributed by atoms with Crippen LogP contribution in [0.4, 0.5) is 0 Å². The molecule has 0 aliphatic heterocycles. The lowest BCUT2D eigenvalue weighted by atomic mass is 10.2. The van der Waals surface area contributed by atoms with E-state index in [1.807, 2.05) is 6.92 Å². The molecule has 0 spiro atoms. The lowest BCUT2D eigenvalue weighted by molar-refractivity contribution is 0.101. The summed E-state index contributed by atoms with van der Waals surface area (Å²) in [6, 6.07) is 7.83. The normalized spacial score (nSPS) is 11.4. The first-order valence-corrected chi connectivity index (χ1v) is 6.74. The topological polar surface area (TPSA) is 69.0 Å². The van der Waals surface area contributed by atoms with Crippen molar-refractivity contribution in [1.82, 2.24) is 9.19 Å². The van der Waals surface area contributed by atoms with Crippen LogP contribution in [-0.4, -0.2) is 23.4 Å². The van der Waals surface area contributed by atoms with Crippen LogP contribution in [0.1, 0.15) is 23.0 Å². The van der Waals surface area contributed by atoms with E-state index in [2.05, 4.69) is 5.10 Å². The average molecular weight is 264 g/mol. The summed E-state index contributed by atoms with van der Waals surface area (Å²) in [4.78, 5) is 11.2. The van der Waals surface area contributed by atoms with Gasteiger partial charge in [-0.15, -0.1) is 0 Å². The van der Waals surface area contributed by atoms with Crippen molar-refractivity contribution in [2.24, 2.45) is 0 Å². The van der Waals surface area contributed by atoms with Crippen molar-refractivity contribution in [3.05, 3.63) is 47.8 Å². The summed E-state index contributed by atoms with van der Waals surface area (Å²) >= 11 is 0. The Bertz CT molecular complexity index is 684. The number of nitrogens with zero attached hydrogens (tertiary/aromatic N) is 2. The number of ketones is 1. The van der Waals surface area contributed by atoms with Crippen molar-refractivity contribution >= 4 is 15.8 Å². The van der Waals surface area contributed by atoms with Gasteiger partial charge in [0.15, 0.2) is 5.78 Å². The molecule has 0 bridgehead atoms. The molecule has 0 unspecified atom stereocenters. The first-order chi connectivity index (χ1) is 8.41. The molecule has 0 amide bonds. The van der Waals surface area contributed by atoms with E-state index < -0.39 is 10.0 Å². The summed E-state index contributed by atoms with van der Waals surface area (Å²) in [7, 11) is -3.72. The zero-order valence-electron chi connectivity index (χ0n) is 9.99. The molecule has 2 aromatic rings. The van der Waals surface area contributed by atoms with E-state index in [4.69, 9.17) is 0 Å². The van der Waals surface area contributed by atoms with E-state index in [0.29, 0.717) is 0 Å². The van der Waals surface area contributed by atoms with E-state index >= 15 is 0 Å². The summed E-state index contributed by atoms with van der Waals surface area (Å²) in [6.07, 6.45) is 1.27. The maximum Gasteiger partial charge on any atom is 0.282 e. The van der Waals surface area contributed by atoms with Crippen LogP contribution in [-0.2, 0) is 10.0 Å². The van der Waals surface area contributed by atoms with Crippen molar-refractivity contribution in [1.29, 1.82) is 0 Å². The smallest absolute Gasteiger partial charge is 0.282 e. The second kappa shape index (κ2) is 4.38. The number of aryl methyl sites for hydroxylation is 1. The Morgan fingerprint density at radius 2 is 1.78 bits per heavy atom. The summed E-state index contributed by atoms with van der Waals surface area (Å²) in [5.74, 6) is -0.271. The predicted molar refractivity (Wildman–Crippen MR) is 66.0 cm³/mol. The number of rotatable bonds is 3. The van der Waals surface area contributed by atoms with E-state index in [0.717, 1.165) is 9.65 Å². The summed E-state index contributed by atoms with van der Waals surface area (Å²) in [5, 5.41) is 3.76. The SMILES string of the molecule is CC(=O)c1ccn(S(=O)(=O)c2ccc(C)cc2)n1. The van der Waals surface area contributed by atoms with Crippen molar-refractivity contribution in [2.75, 3.05) is 0 Å². The molecule has 0 aliphatic carbocycles. The molecule has 0 fully saturated rings. The molecular weight excluding hydrogens is 252 g/mol. The van der Waals surface area contributed by atoms with E-state index in [1.165, 1.54) is 31.3 Å². The van der Waals surface area contributed by atoms with Crippen LogP contribution in [0.3, 0.4) is 0 Å². The van der Waals surface area contributed by atoms with Gasteiger partial charge in [-0.25, -0.2) is 0 Å². The highest BCUT2D eigenvalue weighted by atomic mass is 32.2. The molecule has 1 aromatic heterocycles. The van der Waals surface area contributed by atoms with E-state index in [1.54, 1.807) is 12.1 Å². The Labute approximate surface area is 105 Å². The number of carbonyl (C=O) groups excluding carboxylic acids is 1. The minimum absolute atomic E-state index is 0.130. The highest BCUT2D eigenvalue weighted by Crippen LogP contribution is 2.14. The molecule has 1 heterocycles. The van der Waals surface area contributed by atoms with Gasteiger partial charge in [-0.1, -0.05) is 17.7 Å². The van der Waals surface area contributed by atoms with E-state index in [-0.39, 0.29) is 16.4 Å². The molecule has 0 saturated heterocycles. The minimum Gasteiger partial charge on any atom is -0.293 e. The molecule has 6 heteroatoms. The molecule has 1 aromatic carbocycles. The average Bonchev–Trinajstić information content (AvgIpc) is 2.79. The molecule has 0 aliphatic rings. The van der Waals surface area contributed by atoms with Crippen LogP contribution in [0.5, 0.6) is 0 Å². The molecule has 5 nitrogen and oxygen atoms in total. The molecule has 0 radical (unpaired) electrons. The van der Waals surface area contributed by atoms with Crippen LogP contribution >= 0.6 is 0 Å². The van der Waals surface area contributed by atoms with Gasteiger partial charge in [0.25, 0.3) is 10.0 Å². The second-order valence-corrected chi connectivity index (χ2v) is 5.74. The predicted octanol–water partition coefficient (Wildman–Crippen LogP) is 1.63. The molecule has 0 N–H and O–H groups in total. The first kappa shape index (κ1) is 12.5. The molecule has 18 heavy (non-hydrogen) atoms. The number of hydrogen-bond donors (Lipinski definition) is 0. The molecule has 94 valence electrons. The molecule has 0 saturated carbocycles. The Balaban J connectivity index is 2.47. The van der Waals surface area contributed by atoms with Gasteiger partial charge in [0.2, 0.25) is 0 Å². The molecule has 2 rings (SSSR count). The number of aromatic nitrogens is 2. The third-order valence-electron chi connectivity index (χ3n) is 2.49. The quantitative estimate of drug-likeness (QED) is 0.790. The fourth-order valence-corrected chi connectivity index (χ4v) is 2.56. The van der Waals surface area contributed by atoms with Crippen LogP contribution in [0.15, 0.2) is 41.4 Å². The van der Waals surface area contributed by atoms with Gasteiger partial charge >= 0.3 is 0 Å². The Morgan fingerprint density at radius 1 is 1.17 bits per heavy atom. The van der Waals surface area contributed by atoms with Gasteiger partial charge in [0.05, 0.1) is 4.90 Å². The number of Topliss-reactive ketones (excluding diaryl/α,β-unsaturated/α-hetero) is 1. The van der Waals surface area contributed by atoms with Crippen molar-refractivity contribution in [3.8, 4) is 0 Å². The number of hydrogen-bond acceptors (Lipinski definition) is 4. The van der Waals surface area contributed by atoms with Crippen molar-refractivity contribution < 1.29 is 13.2 Å². The van der Waals surface area contributed by atoms with Crippen LogP contribution in [0.25, 0.3) is 0 Å². The van der Waals surface area contributed by atoms with Crippen molar-refractivity contribution in [3.63, 3.8) is 0 Å². The maximum atomic E-state index is 12.2. The Morgan fingerprint density at radius 3 is 2.28 bits per heavy atom. The Kier molecular flexibility index (Phi) is 3.04. The summed E-state index contributed by atoms with van der Waals surface area (Å²) in [6.45, 7) is 3.21. The van der Waals surface area contributed by atoms with Crippen LogP contribution in [0.2, 0.25) is 0 Å². The minimum atomic E-state index is -3.72. The van der Waals surface area contributed by atoms with Crippen molar-refractivity contribution in [2.45, 2.75) is 18.7 Å². The standard InChI is InChI=1S/C12H12N2O3S/c1-9-3-5-11(6-4-9)18(16,17)14-8-7-12(13-14)10(2)15/h3-8H,1-2H3. The van der Waals surface area contributed by atoms with Gasteiger partial charge in [-0.2, -0.15) is 17.6 Å². The highest BCUT2D eigenvalue weighted by molar-refractivity contribution is 7.89. The summed E-state index contributed by atoms with van der Waals surface area (Å²) < 4.78 is 25.2. The summed E-state index contributed by atoms with van der Waals surface area (Å²) in [5.41, 5.74) is 1.10. The Hall–Kier alpha value is -1.95. The maximum absolute atomic E-state index is 12.2. The van der Waals surface area contributed by atoms with Crippen LogP contribution in [0, 0.1) is 6.92 Å². The second-order valence-electron chi connectivity index (χ2n) is 3.95. The van der Waals surface area contributed by atoms with E-state index in [9.17, 15) is 13.2 Å². The third kappa shape index (κ3) is 2.19. The van der Waals surface area contributed by atoms with Gasteiger partial charge in [0, 0.05) is 13.1 Å². The number of benzene rings is 1. The fraction of sp³-hybridized carbons (Fsp3) is 0.167. The fourth-order valence-electron chi connectivity index (χ4n) is 1.45. The monoisotopic (exact) mass is 264 g/mol. The molecular formula is C12H12N2O3S. The van der Waals surface area contributed by atoms with Gasteiger partial charge in [-0.05, 0) is 25.1 Å². The zero-order valence-corrected chi connectivity index (χ0v) is 10.8. The molecule has 0 atom stereocenters. The van der Waals surface area contributed by atoms with Gasteiger partial charge in [-0.3, -0.25) is 4.79 Å². The van der Waals surface area contributed by atoms with Crippen LogP contribution < -0.4 is 0 Å². The largest absolute Gasteiger partial charge is 0.293 e. The number of carbonyl (C=O) groups is 1. The lowest BCUT2D eigenvalue weighted by Gasteiger charge is -2.04. The zero-order chi connectivity index (χ0) is 13.3. The first-order valence-electron chi connectivity index (χ1n) is 5.30. The lowest BCUT2D eigenvalue weighted by Crippen LogP contribution is -2.14.